The molecule has 0 N–H and O–H groups in total. The summed E-state index contributed by atoms with van der Waals surface area (Å²) in [5, 5.41) is -0.136. The third kappa shape index (κ3) is 2.34. The highest BCUT2D eigenvalue weighted by Crippen LogP contribution is 2.16. The molecule has 0 atom stereocenters. The molecule has 1 aromatic carbocycles. The van der Waals surface area contributed by atoms with Crippen molar-refractivity contribution in [3.8, 4) is 0 Å². The average molecular weight is 248 g/mol. The highest BCUT2D eigenvalue weighted by Gasteiger charge is 2.20. The van der Waals surface area contributed by atoms with Crippen molar-refractivity contribution in [2.45, 2.75) is 23.4 Å². The van der Waals surface area contributed by atoms with Crippen LogP contribution in [0.4, 0.5) is 0 Å². The van der Waals surface area contributed by atoms with E-state index in [4.69, 9.17) is 0 Å². The van der Waals surface area contributed by atoms with E-state index in [1.807, 2.05) is 6.92 Å². The van der Waals surface area contributed by atoms with E-state index in [1.165, 1.54) is 18.3 Å². The van der Waals surface area contributed by atoms with E-state index in [2.05, 4.69) is 9.97 Å². The zero-order valence-electron chi connectivity index (χ0n) is 9.37. The van der Waals surface area contributed by atoms with Crippen LogP contribution in [0.25, 0.3) is 0 Å². The summed E-state index contributed by atoms with van der Waals surface area (Å²) in [6, 6.07) is 9.91. The van der Waals surface area contributed by atoms with Crippen LogP contribution in [0.2, 0.25) is 0 Å². The summed E-state index contributed by atoms with van der Waals surface area (Å²) >= 11 is 0. The monoisotopic (exact) mass is 248 g/mol. The highest BCUT2D eigenvalue weighted by atomic mass is 32.2. The maximum absolute atomic E-state index is 12.2. The van der Waals surface area contributed by atoms with Gasteiger partial charge >= 0.3 is 0 Å². The van der Waals surface area contributed by atoms with Gasteiger partial charge in [-0.2, -0.15) is 0 Å². The van der Waals surface area contributed by atoms with Crippen LogP contribution in [-0.4, -0.2) is 18.4 Å². The number of rotatable bonds is 3. The maximum atomic E-state index is 12.2. The minimum atomic E-state index is -3.59. The van der Waals surface area contributed by atoms with Crippen molar-refractivity contribution >= 4 is 9.84 Å². The molecule has 0 aliphatic heterocycles. The lowest BCUT2D eigenvalue weighted by Gasteiger charge is -2.03. The molecule has 17 heavy (non-hydrogen) atoms. The Hall–Kier alpha value is -1.75. The van der Waals surface area contributed by atoms with E-state index >= 15 is 0 Å². The van der Waals surface area contributed by atoms with Gasteiger partial charge in [-0.15, -0.1) is 0 Å². The number of nitrogens with zero attached hydrogens (tertiary/aromatic N) is 2. The van der Waals surface area contributed by atoms with Gasteiger partial charge in [0, 0.05) is 11.9 Å². The highest BCUT2D eigenvalue weighted by molar-refractivity contribution is 7.91. The first-order valence-corrected chi connectivity index (χ1v) is 6.75. The Kier molecular flexibility index (Phi) is 3.19. The Labute approximate surface area is 100 Å². The third-order valence-corrected chi connectivity index (χ3v) is 3.92. The molecule has 2 aromatic rings. The molecule has 0 aliphatic rings. The minimum Gasteiger partial charge on any atom is -0.226 e. The molecule has 0 amide bonds. The summed E-state index contributed by atoms with van der Waals surface area (Å²) in [4.78, 5) is 8.09. The first kappa shape index (κ1) is 11.7. The quantitative estimate of drug-likeness (QED) is 0.778. The van der Waals surface area contributed by atoms with Crippen LogP contribution in [-0.2, 0) is 16.3 Å². The van der Waals surface area contributed by atoms with Gasteiger partial charge in [-0.3, -0.25) is 0 Å². The molecule has 4 nitrogen and oxygen atoms in total. The van der Waals surface area contributed by atoms with Crippen molar-refractivity contribution in [1.29, 1.82) is 0 Å². The lowest BCUT2D eigenvalue weighted by Crippen LogP contribution is -2.08. The van der Waals surface area contributed by atoms with Crippen LogP contribution in [0.1, 0.15) is 12.6 Å². The fraction of sp³-hybridized carbons (Fsp3) is 0.167. The molecule has 0 aliphatic carbocycles. The SMILES string of the molecule is CCc1ccnc(S(=O)(=O)c2ccccc2)n1. The molecule has 0 unspecified atom stereocenters. The number of hydrogen-bond acceptors (Lipinski definition) is 4. The summed E-state index contributed by atoms with van der Waals surface area (Å²) in [5.74, 6) is 0. The van der Waals surface area contributed by atoms with Crippen LogP contribution in [0.15, 0.2) is 52.6 Å². The summed E-state index contributed by atoms with van der Waals surface area (Å²) in [6.45, 7) is 1.92. The van der Waals surface area contributed by atoms with Crippen molar-refractivity contribution in [2.24, 2.45) is 0 Å². The maximum Gasteiger partial charge on any atom is 0.252 e. The minimum absolute atomic E-state index is 0.136. The summed E-state index contributed by atoms with van der Waals surface area (Å²) in [5.41, 5.74) is 0.717. The normalized spacial score (nSPS) is 11.4. The van der Waals surface area contributed by atoms with Gasteiger partial charge in [0.25, 0.3) is 5.16 Å². The topological polar surface area (TPSA) is 59.9 Å². The molecule has 0 saturated heterocycles. The number of sulfone groups is 1. The number of benzene rings is 1. The van der Waals surface area contributed by atoms with Gasteiger partial charge in [-0.1, -0.05) is 25.1 Å². The van der Waals surface area contributed by atoms with Crippen molar-refractivity contribution in [2.75, 3.05) is 0 Å². The van der Waals surface area contributed by atoms with Gasteiger partial charge in [0.1, 0.15) is 0 Å². The molecule has 2 rings (SSSR count). The second-order valence-corrected chi connectivity index (χ2v) is 5.34. The lowest BCUT2D eigenvalue weighted by atomic mass is 10.3. The molecule has 0 radical (unpaired) electrons. The zero-order valence-corrected chi connectivity index (χ0v) is 10.2. The van der Waals surface area contributed by atoms with E-state index in [9.17, 15) is 8.42 Å². The predicted octanol–water partition coefficient (Wildman–Crippen LogP) is 1.87. The van der Waals surface area contributed by atoms with Crippen molar-refractivity contribution < 1.29 is 8.42 Å². The number of hydrogen-bond donors (Lipinski definition) is 0. The molecule has 1 aromatic heterocycles. The van der Waals surface area contributed by atoms with Crippen molar-refractivity contribution in [3.05, 3.63) is 48.3 Å². The Morgan fingerprint density at radius 2 is 1.82 bits per heavy atom. The fourth-order valence-corrected chi connectivity index (χ4v) is 2.57. The summed E-state index contributed by atoms with van der Waals surface area (Å²) < 4.78 is 24.4. The second-order valence-electron chi connectivity index (χ2n) is 3.50. The van der Waals surface area contributed by atoms with Gasteiger partial charge in [0.15, 0.2) is 0 Å². The van der Waals surface area contributed by atoms with Crippen LogP contribution >= 0.6 is 0 Å². The van der Waals surface area contributed by atoms with Crippen LogP contribution in [0.5, 0.6) is 0 Å². The predicted molar refractivity (Wildman–Crippen MR) is 63.3 cm³/mol. The molecular formula is C12H12N2O2S. The molecule has 0 spiro atoms. The molecule has 88 valence electrons. The Bertz CT molecular complexity index is 609. The Morgan fingerprint density at radius 3 is 2.47 bits per heavy atom. The van der Waals surface area contributed by atoms with Gasteiger partial charge < -0.3 is 0 Å². The van der Waals surface area contributed by atoms with E-state index in [0.29, 0.717) is 6.42 Å². The molecule has 1 heterocycles. The second kappa shape index (κ2) is 4.63. The molecule has 0 fully saturated rings. The van der Waals surface area contributed by atoms with Crippen LogP contribution in [0, 0.1) is 0 Å². The smallest absolute Gasteiger partial charge is 0.226 e. The van der Waals surface area contributed by atoms with Gasteiger partial charge in [-0.25, -0.2) is 18.4 Å². The van der Waals surface area contributed by atoms with Crippen LogP contribution in [0.3, 0.4) is 0 Å². The fourth-order valence-electron chi connectivity index (χ4n) is 1.41. The molecule has 5 heteroatoms. The largest absolute Gasteiger partial charge is 0.252 e. The standard InChI is InChI=1S/C12H12N2O2S/c1-2-10-8-9-13-12(14-10)17(15,16)11-6-4-3-5-7-11/h3-9H,2H2,1H3. The zero-order chi connectivity index (χ0) is 12.3. The first-order chi connectivity index (χ1) is 8.14. The number of aromatic nitrogens is 2. The third-order valence-electron chi connectivity index (χ3n) is 2.35. The van der Waals surface area contributed by atoms with Crippen LogP contribution < -0.4 is 0 Å². The van der Waals surface area contributed by atoms with Crippen molar-refractivity contribution in [3.63, 3.8) is 0 Å². The van der Waals surface area contributed by atoms with E-state index in [-0.39, 0.29) is 10.1 Å². The van der Waals surface area contributed by atoms with E-state index < -0.39 is 9.84 Å². The molecule has 0 saturated carbocycles. The average Bonchev–Trinajstić information content (AvgIpc) is 2.40. The first-order valence-electron chi connectivity index (χ1n) is 5.26. The molecule has 0 bridgehead atoms. The van der Waals surface area contributed by atoms with E-state index in [0.717, 1.165) is 5.69 Å². The molecular weight excluding hydrogens is 236 g/mol. The summed E-state index contributed by atoms with van der Waals surface area (Å²) in [6.07, 6.45) is 2.15. The van der Waals surface area contributed by atoms with Gasteiger partial charge in [-0.05, 0) is 24.6 Å². The van der Waals surface area contributed by atoms with Gasteiger partial charge in [0.05, 0.1) is 4.90 Å². The Morgan fingerprint density at radius 1 is 1.12 bits per heavy atom. The Balaban J connectivity index is 2.52. The lowest BCUT2D eigenvalue weighted by molar-refractivity contribution is 0.585. The van der Waals surface area contributed by atoms with Crippen molar-refractivity contribution in [1.82, 2.24) is 9.97 Å². The van der Waals surface area contributed by atoms with Gasteiger partial charge in [0.2, 0.25) is 9.84 Å². The number of aryl methyl sites for hydroxylation is 1. The van der Waals surface area contributed by atoms with E-state index in [1.54, 1.807) is 24.3 Å². The summed E-state index contributed by atoms with van der Waals surface area (Å²) in [7, 11) is -3.59.